The third-order valence-corrected chi connectivity index (χ3v) is 6.25. The Kier molecular flexibility index (Phi) is 4.86. The van der Waals surface area contributed by atoms with Crippen LogP contribution in [-0.2, 0) is 0 Å². The summed E-state index contributed by atoms with van der Waals surface area (Å²) in [6, 6.07) is 49.7. The number of para-hydroxylation sites is 1. The average Bonchev–Trinajstić information content (AvgIpc) is 3.35. The molecule has 1 heterocycles. The molecule has 0 aliphatic carbocycles. The Balaban J connectivity index is 1.47. The van der Waals surface area contributed by atoms with Gasteiger partial charge in [0.25, 0.3) is 0 Å². The van der Waals surface area contributed by atoms with E-state index in [0.717, 1.165) is 5.69 Å². The third-order valence-electron chi connectivity index (χ3n) is 6.25. The Hall–Kier alpha value is -4.36. The van der Waals surface area contributed by atoms with E-state index in [4.69, 9.17) is 0 Å². The molecule has 0 amide bonds. The molecule has 0 N–H and O–H groups in total. The maximum atomic E-state index is 2.35. The van der Waals surface area contributed by atoms with Gasteiger partial charge in [0.15, 0.2) is 0 Å². The average molecular weight is 422 g/mol. The van der Waals surface area contributed by atoms with Crippen LogP contribution in [0.2, 0.25) is 0 Å². The molecule has 6 rings (SSSR count). The first-order valence-electron chi connectivity index (χ1n) is 11.3. The van der Waals surface area contributed by atoms with Gasteiger partial charge in [-0.05, 0) is 57.3 Å². The summed E-state index contributed by atoms with van der Waals surface area (Å²) >= 11 is 0. The van der Waals surface area contributed by atoms with E-state index in [1.165, 1.54) is 44.4 Å². The second kappa shape index (κ2) is 8.29. The van der Waals surface area contributed by atoms with Gasteiger partial charge < -0.3 is 4.57 Å². The van der Waals surface area contributed by atoms with Crippen molar-refractivity contribution in [2.24, 2.45) is 0 Å². The molecule has 0 bridgehead atoms. The van der Waals surface area contributed by atoms with Gasteiger partial charge in [-0.15, -0.1) is 0 Å². The fraction of sp³-hybridized carbons (Fsp3) is 0. The number of aromatic nitrogens is 1. The second-order valence-electron chi connectivity index (χ2n) is 8.24. The molecule has 6 aromatic rings. The lowest BCUT2D eigenvalue weighted by Crippen LogP contribution is -1.99. The van der Waals surface area contributed by atoms with Crippen molar-refractivity contribution in [3.8, 4) is 39.3 Å². The largest absolute Gasteiger partial charge is 0.309 e. The highest BCUT2D eigenvalue weighted by atomic mass is 15.0. The lowest BCUT2D eigenvalue weighted by atomic mass is 9.97. The van der Waals surface area contributed by atoms with E-state index in [1.807, 2.05) is 0 Å². The van der Waals surface area contributed by atoms with E-state index in [2.05, 4.69) is 144 Å². The van der Waals surface area contributed by atoms with Crippen LogP contribution < -0.4 is 0 Å². The molecule has 1 heteroatoms. The molecule has 156 valence electrons. The number of benzene rings is 5. The molecule has 0 fully saturated rings. The van der Waals surface area contributed by atoms with E-state index in [-0.39, 0.29) is 0 Å². The summed E-state index contributed by atoms with van der Waals surface area (Å²) in [5.41, 5.74) is 8.44. The molecular formula is C32H23N. The van der Waals surface area contributed by atoms with Gasteiger partial charge in [-0.2, -0.15) is 0 Å². The van der Waals surface area contributed by atoms with Gasteiger partial charge in [-0.3, -0.25) is 0 Å². The minimum Gasteiger partial charge on any atom is -0.309 e. The van der Waals surface area contributed by atoms with Crippen LogP contribution in [0.15, 0.2) is 140 Å². The van der Waals surface area contributed by atoms with E-state index >= 15 is 0 Å². The fourth-order valence-electron chi connectivity index (χ4n) is 4.65. The molecule has 0 aliphatic heterocycles. The zero-order valence-electron chi connectivity index (χ0n) is 18.2. The molecule has 1 aromatic heterocycles. The van der Waals surface area contributed by atoms with E-state index in [9.17, 15) is 0 Å². The highest BCUT2D eigenvalue weighted by Gasteiger charge is 2.14. The molecule has 0 spiro atoms. The first-order chi connectivity index (χ1) is 16.4. The SMILES string of the molecule is c1ccc(-c2ccc(-c3ccc(-c4cccc5ccccc45)cc3)n2-c2ccccc2)cc1. The van der Waals surface area contributed by atoms with Gasteiger partial charge in [0.1, 0.15) is 0 Å². The standard InChI is InChI=1S/C32H23N/c1-3-11-26(12-4-1)31-22-23-32(33(31)28-14-5-2-6-15-28)27-20-18-25(19-21-27)30-17-9-13-24-10-7-8-16-29(24)30/h1-23H. The Morgan fingerprint density at radius 3 is 1.64 bits per heavy atom. The number of fused-ring (bicyclic) bond motifs is 1. The van der Waals surface area contributed by atoms with Gasteiger partial charge in [0.2, 0.25) is 0 Å². The van der Waals surface area contributed by atoms with Gasteiger partial charge in [0, 0.05) is 5.69 Å². The molecule has 0 aliphatic rings. The smallest absolute Gasteiger partial charge is 0.0535 e. The monoisotopic (exact) mass is 421 g/mol. The zero-order valence-corrected chi connectivity index (χ0v) is 18.2. The minimum absolute atomic E-state index is 1.16. The summed E-state index contributed by atoms with van der Waals surface area (Å²) in [6.45, 7) is 0. The van der Waals surface area contributed by atoms with Crippen molar-refractivity contribution < 1.29 is 0 Å². The van der Waals surface area contributed by atoms with Gasteiger partial charge in [-0.25, -0.2) is 0 Å². The molecule has 33 heavy (non-hydrogen) atoms. The molecule has 0 saturated heterocycles. The number of hydrogen-bond acceptors (Lipinski definition) is 0. The maximum absolute atomic E-state index is 2.35. The highest BCUT2D eigenvalue weighted by Crippen LogP contribution is 2.34. The Morgan fingerprint density at radius 2 is 0.909 bits per heavy atom. The quantitative estimate of drug-likeness (QED) is 0.268. The second-order valence-corrected chi connectivity index (χ2v) is 8.24. The van der Waals surface area contributed by atoms with Crippen molar-refractivity contribution in [1.29, 1.82) is 0 Å². The van der Waals surface area contributed by atoms with Crippen LogP contribution in [0, 0.1) is 0 Å². The summed E-state index contributed by atoms with van der Waals surface area (Å²) < 4.78 is 2.35. The Morgan fingerprint density at radius 1 is 0.364 bits per heavy atom. The Bertz CT molecular complexity index is 1520. The number of nitrogens with zero attached hydrogens (tertiary/aromatic N) is 1. The summed E-state index contributed by atoms with van der Waals surface area (Å²) in [7, 11) is 0. The van der Waals surface area contributed by atoms with Gasteiger partial charge in [0.05, 0.1) is 11.4 Å². The molecular weight excluding hydrogens is 398 g/mol. The van der Waals surface area contributed by atoms with E-state index in [0.29, 0.717) is 0 Å². The van der Waals surface area contributed by atoms with Crippen molar-refractivity contribution in [3.63, 3.8) is 0 Å². The van der Waals surface area contributed by atoms with E-state index < -0.39 is 0 Å². The van der Waals surface area contributed by atoms with E-state index in [1.54, 1.807) is 0 Å². The molecule has 5 aromatic carbocycles. The van der Waals surface area contributed by atoms with Crippen LogP contribution in [0.1, 0.15) is 0 Å². The fourth-order valence-corrected chi connectivity index (χ4v) is 4.65. The molecule has 0 unspecified atom stereocenters. The summed E-state index contributed by atoms with van der Waals surface area (Å²) in [4.78, 5) is 0. The Labute approximate surface area is 194 Å². The predicted molar refractivity (Wildman–Crippen MR) is 140 cm³/mol. The maximum Gasteiger partial charge on any atom is 0.0535 e. The summed E-state index contributed by atoms with van der Waals surface area (Å²) in [5.74, 6) is 0. The first-order valence-corrected chi connectivity index (χ1v) is 11.3. The lowest BCUT2D eigenvalue weighted by Gasteiger charge is -2.15. The zero-order chi connectivity index (χ0) is 22.0. The lowest BCUT2D eigenvalue weighted by molar-refractivity contribution is 1.09. The van der Waals surface area contributed by atoms with Crippen LogP contribution in [0.4, 0.5) is 0 Å². The van der Waals surface area contributed by atoms with Crippen LogP contribution in [0.3, 0.4) is 0 Å². The van der Waals surface area contributed by atoms with Gasteiger partial charge >= 0.3 is 0 Å². The van der Waals surface area contributed by atoms with Crippen LogP contribution in [0.5, 0.6) is 0 Å². The molecule has 0 radical (unpaired) electrons. The predicted octanol–water partition coefficient (Wildman–Crippen LogP) is 8.63. The number of rotatable bonds is 4. The van der Waals surface area contributed by atoms with Crippen molar-refractivity contribution in [1.82, 2.24) is 4.57 Å². The van der Waals surface area contributed by atoms with Crippen LogP contribution in [-0.4, -0.2) is 4.57 Å². The van der Waals surface area contributed by atoms with Crippen molar-refractivity contribution in [2.75, 3.05) is 0 Å². The van der Waals surface area contributed by atoms with Gasteiger partial charge in [-0.1, -0.05) is 115 Å². The van der Waals surface area contributed by atoms with Crippen LogP contribution >= 0.6 is 0 Å². The third kappa shape index (κ3) is 3.54. The molecule has 1 nitrogen and oxygen atoms in total. The molecule has 0 atom stereocenters. The molecule has 0 saturated carbocycles. The number of hydrogen-bond donors (Lipinski definition) is 0. The first kappa shape index (κ1) is 19.3. The van der Waals surface area contributed by atoms with Crippen molar-refractivity contribution in [3.05, 3.63) is 140 Å². The topological polar surface area (TPSA) is 4.93 Å². The normalized spacial score (nSPS) is 11.0. The minimum atomic E-state index is 1.16. The van der Waals surface area contributed by atoms with Crippen LogP contribution in [0.25, 0.3) is 50.1 Å². The summed E-state index contributed by atoms with van der Waals surface area (Å²) in [6.07, 6.45) is 0. The van der Waals surface area contributed by atoms with Crippen molar-refractivity contribution in [2.45, 2.75) is 0 Å². The highest BCUT2D eigenvalue weighted by molar-refractivity contribution is 5.96. The van der Waals surface area contributed by atoms with Crippen molar-refractivity contribution >= 4 is 10.8 Å². The summed E-state index contributed by atoms with van der Waals surface area (Å²) in [5, 5.41) is 2.55.